The Hall–Kier alpha value is -2.30. The lowest BCUT2D eigenvalue weighted by molar-refractivity contribution is -0.126. The highest BCUT2D eigenvalue weighted by atomic mass is 32.2. The Balaban J connectivity index is 1.63. The number of hydrogen-bond donors (Lipinski definition) is 0. The minimum Gasteiger partial charge on any atom is -0.408 e. The molecule has 3 heterocycles. The molecule has 1 atom stereocenters. The number of fused-ring (bicyclic) bond motifs is 1. The minimum absolute atomic E-state index is 0.326. The third-order valence-electron chi connectivity index (χ3n) is 4.63. The Morgan fingerprint density at radius 1 is 1.37 bits per heavy atom. The maximum atomic E-state index is 13.8. The molecule has 4 rings (SSSR count). The van der Waals surface area contributed by atoms with E-state index in [2.05, 4.69) is 19.7 Å². The van der Waals surface area contributed by atoms with Crippen molar-refractivity contribution >= 4 is 21.7 Å². The van der Waals surface area contributed by atoms with Crippen molar-refractivity contribution in [3.63, 3.8) is 0 Å². The van der Waals surface area contributed by atoms with E-state index < -0.39 is 21.3 Å². The first-order chi connectivity index (χ1) is 12.6. The fraction of sp³-hybridized carbons (Fsp3) is 0.625. The monoisotopic (exact) mass is 396 g/mol. The molecule has 2 aliphatic rings. The van der Waals surface area contributed by atoms with Gasteiger partial charge in [-0.3, -0.25) is 9.48 Å². The van der Waals surface area contributed by atoms with E-state index in [1.54, 1.807) is 4.68 Å². The summed E-state index contributed by atoms with van der Waals surface area (Å²) in [7, 11) is -3.14. The van der Waals surface area contributed by atoms with Gasteiger partial charge in [-0.05, 0) is 26.7 Å². The first kappa shape index (κ1) is 18.1. The van der Waals surface area contributed by atoms with Crippen molar-refractivity contribution in [3.05, 3.63) is 17.8 Å². The molecule has 1 saturated carbocycles. The number of amides is 1. The van der Waals surface area contributed by atoms with Crippen molar-refractivity contribution in [2.75, 3.05) is 17.7 Å². The van der Waals surface area contributed by atoms with Crippen LogP contribution in [0.1, 0.15) is 44.2 Å². The average molecular weight is 396 g/mol. The molecular formula is C16H21FN6O3S. The summed E-state index contributed by atoms with van der Waals surface area (Å²) in [6.07, 6.45) is 4.89. The van der Waals surface area contributed by atoms with Crippen molar-refractivity contribution < 1.29 is 17.8 Å². The van der Waals surface area contributed by atoms with Crippen LogP contribution in [-0.4, -0.2) is 48.6 Å². The molecule has 0 radical (unpaired) electrons. The van der Waals surface area contributed by atoms with Gasteiger partial charge in [0.05, 0.1) is 39.6 Å². The van der Waals surface area contributed by atoms with Crippen molar-refractivity contribution in [2.24, 2.45) is 4.36 Å². The molecule has 9 nitrogen and oxygen atoms in total. The number of alkyl halides is 1. The Morgan fingerprint density at radius 2 is 2.11 bits per heavy atom. The van der Waals surface area contributed by atoms with E-state index in [0.717, 1.165) is 26.7 Å². The fourth-order valence-electron chi connectivity index (χ4n) is 2.87. The Morgan fingerprint density at radius 3 is 2.78 bits per heavy atom. The second-order valence-corrected chi connectivity index (χ2v) is 9.70. The van der Waals surface area contributed by atoms with Gasteiger partial charge in [0.25, 0.3) is 5.91 Å². The number of hydrogen-bond acceptors (Lipinski definition) is 7. The van der Waals surface area contributed by atoms with E-state index in [9.17, 15) is 13.4 Å². The van der Waals surface area contributed by atoms with Crippen LogP contribution >= 0.6 is 0 Å². The Labute approximate surface area is 156 Å². The van der Waals surface area contributed by atoms with E-state index in [0.29, 0.717) is 48.0 Å². The first-order valence-electron chi connectivity index (χ1n) is 8.74. The fourth-order valence-corrected chi connectivity index (χ4v) is 4.35. The zero-order chi connectivity index (χ0) is 19.4. The van der Waals surface area contributed by atoms with Crippen LogP contribution in [0.5, 0.6) is 0 Å². The molecule has 0 bridgehead atoms. The molecule has 2 aromatic rings. The number of carbonyl (C=O) groups is 1. The van der Waals surface area contributed by atoms with Gasteiger partial charge in [0.2, 0.25) is 5.89 Å². The Kier molecular flexibility index (Phi) is 4.09. The Bertz CT molecular complexity index is 1010. The van der Waals surface area contributed by atoms with Crippen LogP contribution in [0.25, 0.3) is 0 Å². The summed E-state index contributed by atoms with van der Waals surface area (Å²) in [5.74, 6) is -0.0386. The summed E-state index contributed by atoms with van der Waals surface area (Å²) in [6.45, 7) is 3.68. The topological polar surface area (TPSA) is 106 Å². The summed E-state index contributed by atoms with van der Waals surface area (Å²) in [5, 5.41) is 12.4. The second-order valence-electron chi connectivity index (χ2n) is 7.47. The van der Waals surface area contributed by atoms with Gasteiger partial charge >= 0.3 is 6.01 Å². The molecule has 146 valence electrons. The lowest BCUT2D eigenvalue weighted by Crippen LogP contribution is -2.34. The third-order valence-corrected chi connectivity index (χ3v) is 6.30. The lowest BCUT2D eigenvalue weighted by Gasteiger charge is -2.26. The molecule has 1 amide bonds. The predicted octanol–water partition coefficient (Wildman–Crippen LogP) is 1.90. The van der Waals surface area contributed by atoms with Gasteiger partial charge in [0, 0.05) is 18.7 Å². The van der Waals surface area contributed by atoms with Gasteiger partial charge in [-0.2, -0.15) is 9.46 Å². The molecule has 0 saturated heterocycles. The number of carbonyl (C=O) groups excluding carboxylic acids is 1. The van der Waals surface area contributed by atoms with Crippen molar-refractivity contribution in [3.8, 4) is 0 Å². The van der Waals surface area contributed by atoms with Crippen molar-refractivity contribution in [2.45, 2.75) is 56.3 Å². The minimum atomic E-state index is -3.14. The standard InChI is InChI=1S/C16H21FN6O3S/c1-16(2,17)14(24)21-27(3,25)12-8-18-23-7-6-22(9-11(12)23)15-20-19-13(26-15)10-4-5-10/h8,10H,4-7,9H2,1-3H3. The van der Waals surface area contributed by atoms with Gasteiger partial charge in [-0.1, -0.05) is 5.10 Å². The highest BCUT2D eigenvalue weighted by Crippen LogP contribution is 2.40. The molecule has 27 heavy (non-hydrogen) atoms. The summed E-state index contributed by atoms with van der Waals surface area (Å²) in [6, 6.07) is 0.413. The van der Waals surface area contributed by atoms with Crippen LogP contribution in [0.4, 0.5) is 10.4 Å². The number of halogens is 1. The predicted molar refractivity (Wildman–Crippen MR) is 94.5 cm³/mol. The van der Waals surface area contributed by atoms with Crippen LogP contribution in [-0.2, 0) is 27.6 Å². The molecule has 0 spiro atoms. The summed E-state index contributed by atoms with van der Waals surface area (Å²) >= 11 is 0. The molecule has 2 aromatic heterocycles. The van der Waals surface area contributed by atoms with Crippen LogP contribution in [0.2, 0.25) is 0 Å². The van der Waals surface area contributed by atoms with Gasteiger partial charge in [-0.15, -0.1) is 5.10 Å². The molecule has 1 fully saturated rings. The third kappa shape index (κ3) is 3.47. The number of aromatic nitrogens is 4. The smallest absolute Gasteiger partial charge is 0.318 e. The van der Waals surface area contributed by atoms with E-state index in [4.69, 9.17) is 4.42 Å². The number of nitrogens with zero attached hydrogens (tertiary/aromatic N) is 6. The first-order valence-corrected chi connectivity index (χ1v) is 10.7. The molecule has 0 aromatic carbocycles. The van der Waals surface area contributed by atoms with Crippen molar-refractivity contribution in [1.82, 2.24) is 20.0 Å². The van der Waals surface area contributed by atoms with Gasteiger partial charge < -0.3 is 9.32 Å². The average Bonchev–Trinajstić information content (AvgIpc) is 3.16. The van der Waals surface area contributed by atoms with Crippen LogP contribution < -0.4 is 4.90 Å². The zero-order valence-corrected chi connectivity index (χ0v) is 16.2. The normalized spacial score (nSPS) is 19.5. The van der Waals surface area contributed by atoms with Crippen molar-refractivity contribution in [1.29, 1.82) is 0 Å². The van der Waals surface area contributed by atoms with Gasteiger partial charge in [0.15, 0.2) is 5.67 Å². The quantitative estimate of drug-likeness (QED) is 0.777. The molecule has 1 unspecified atom stereocenters. The molecule has 11 heteroatoms. The maximum absolute atomic E-state index is 13.8. The van der Waals surface area contributed by atoms with E-state index in [1.807, 2.05) is 4.90 Å². The van der Waals surface area contributed by atoms with Gasteiger partial charge in [0.1, 0.15) is 0 Å². The highest BCUT2D eigenvalue weighted by molar-refractivity contribution is 7.93. The second kappa shape index (κ2) is 6.11. The summed E-state index contributed by atoms with van der Waals surface area (Å²) in [4.78, 5) is 14.1. The van der Waals surface area contributed by atoms with Gasteiger partial charge in [-0.25, -0.2) is 8.60 Å². The molecule has 1 aliphatic carbocycles. The largest absolute Gasteiger partial charge is 0.408 e. The lowest BCUT2D eigenvalue weighted by atomic mass is 10.2. The zero-order valence-electron chi connectivity index (χ0n) is 15.4. The van der Waals surface area contributed by atoms with E-state index in [1.165, 1.54) is 12.5 Å². The highest BCUT2D eigenvalue weighted by Gasteiger charge is 2.33. The van der Waals surface area contributed by atoms with E-state index in [-0.39, 0.29) is 0 Å². The van der Waals surface area contributed by atoms with Crippen LogP contribution in [0.15, 0.2) is 19.9 Å². The summed E-state index contributed by atoms with van der Waals surface area (Å²) < 4.78 is 38.0. The maximum Gasteiger partial charge on any atom is 0.318 e. The number of anilines is 1. The van der Waals surface area contributed by atoms with Crippen LogP contribution in [0.3, 0.4) is 0 Å². The number of rotatable bonds is 4. The molecule has 1 aliphatic heterocycles. The molecular weight excluding hydrogens is 375 g/mol. The SMILES string of the molecule is CC(C)(F)C(=O)N=S(C)(=O)c1cnn2c1CN(c1nnc(C3CC3)o1)CC2. The summed E-state index contributed by atoms with van der Waals surface area (Å²) in [5.41, 5.74) is -1.53. The van der Waals surface area contributed by atoms with E-state index >= 15 is 0 Å². The molecule has 0 N–H and O–H groups in total. The van der Waals surface area contributed by atoms with Crippen LogP contribution in [0, 0.1) is 0 Å².